The highest BCUT2D eigenvalue weighted by Gasteiger charge is 2.38. The van der Waals surface area contributed by atoms with E-state index in [0.717, 1.165) is 32.5 Å². The van der Waals surface area contributed by atoms with E-state index >= 15 is 0 Å². The third-order valence-corrected chi connectivity index (χ3v) is 5.92. The first-order chi connectivity index (χ1) is 10.4. The summed E-state index contributed by atoms with van der Waals surface area (Å²) in [6.07, 6.45) is 2.26. The maximum Gasteiger partial charge on any atom is 0.115 e. The number of benzene rings is 1. The van der Waals surface area contributed by atoms with Crippen molar-refractivity contribution in [2.75, 3.05) is 19.6 Å². The normalized spacial score (nSPS) is 29.2. The Morgan fingerprint density at radius 3 is 2.77 bits per heavy atom. The van der Waals surface area contributed by atoms with E-state index in [9.17, 15) is 5.11 Å². The van der Waals surface area contributed by atoms with Gasteiger partial charge in [0.1, 0.15) is 5.75 Å². The summed E-state index contributed by atoms with van der Waals surface area (Å²) in [5, 5.41) is 9.78. The van der Waals surface area contributed by atoms with Crippen LogP contribution in [0.1, 0.15) is 46.1 Å². The molecule has 0 bridgehead atoms. The van der Waals surface area contributed by atoms with Gasteiger partial charge in [0.15, 0.2) is 0 Å². The molecular weight excluding hydrogens is 272 g/mol. The van der Waals surface area contributed by atoms with Gasteiger partial charge in [0, 0.05) is 19.1 Å². The molecule has 4 atom stereocenters. The number of rotatable bonds is 5. The number of likely N-dealkylation sites (tertiary alicyclic amines) is 1. The molecule has 0 aromatic heterocycles. The number of aromatic hydroxyl groups is 1. The topological polar surface area (TPSA) is 49.5 Å². The molecule has 1 fully saturated rings. The number of piperidine rings is 1. The monoisotopic (exact) mass is 304 g/mol. The van der Waals surface area contributed by atoms with Crippen molar-refractivity contribution in [1.29, 1.82) is 0 Å². The molecule has 0 radical (unpaired) electrons. The Balaban J connectivity index is 2.03. The Bertz CT molecular complexity index is 490. The van der Waals surface area contributed by atoms with Crippen molar-refractivity contribution in [1.82, 2.24) is 4.90 Å². The number of phenolic OH excluding ortho intramolecular Hbond substituents is 1. The van der Waals surface area contributed by atoms with Gasteiger partial charge < -0.3 is 15.7 Å². The van der Waals surface area contributed by atoms with Gasteiger partial charge in [-0.1, -0.05) is 46.2 Å². The van der Waals surface area contributed by atoms with Gasteiger partial charge >= 0.3 is 0 Å². The van der Waals surface area contributed by atoms with E-state index in [0.29, 0.717) is 17.6 Å². The molecule has 0 aliphatic carbocycles. The molecule has 1 heterocycles. The lowest BCUT2D eigenvalue weighted by Gasteiger charge is -2.46. The van der Waals surface area contributed by atoms with Crippen LogP contribution < -0.4 is 5.73 Å². The van der Waals surface area contributed by atoms with E-state index in [1.54, 1.807) is 6.07 Å². The second kappa shape index (κ2) is 7.01. The second-order valence-electron chi connectivity index (χ2n) is 7.43. The zero-order valence-electron chi connectivity index (χ0n) is 14.5. The van der Waals surface area contributed by atoms with Crippen molar-refractivity contribution in [3.05, 3.63) is 29.8 Å². The highest BCUT2D eigenvalue weighted by Crippen LogP contribution is 2.40. The van der Waals surface area contributed by atoms with Crippen LogP contribution in [0.4, 0.5) is 0 Å². The first kappa shape index (κ1) is 17.3. The summed E-state index contributed by atoms with van der Waals surface area (Å²) in [4.78, 5) is 2.52. The average Bonchev–Trinajstić information content (AvgIpc) is 2.50. The van der Waals surface area contributed by atoms with Crippen LogP contribution in [0.15, 0.2) is 24.3 Å². The highest BCUT2D eigenvalue weighted by atomic mass is 16.3. The minimum atomic E-state index is 0.135. The molecule has 0 amide bonds. The molecule has 0 unspecified atom stereocenters. The van der Waals surface area contributed by atoms with Crippen molar-refractivity contribution in [3.63, 3.8) is 0 Å². The van der Waals surface area contributed by atoms with Gasteiger partial charge in [0.25, 0.3) is 0 Å². The average molecular weight is 304 g/mol. The van der Waals surface area contributed by atoms with Crippen LogP contribution in [0.2, 0.25) is 0 Å². The number of nitrogens with zero attached hydrogens (tertiary/aromatic N) is 1. The second-order valence-corrected chi connectivity index (χ2v) is 7.43. The van der Waals surface area contributed by atoms with Crippen LogP contribution >= 0.6 is 0 Å². The molecule has 0 spiro atoms. The molecule has 1 saturated heterocycles. The fourth-order valence-corrected chi connectivity index (χ4v) is 3.55. The van der Waals surface area contributed by atoms with Crippen LogP contribution in [0.25, 0.3) is 0 Å². The fourth-order valence-electron chi connectivity index (χ4n) is 3.55. The predicted octanol–water partition coefficient (Wildman–Crippen LogP) is 3.37. The Morgan fingerprint density at radius 1 is 1.45 bits per heavy atom. The van der Waals surface area contributed by atoms with Gasteiger partial charge in [0.05, 0.1) is 0 Å². The van der Waals surface area contributed by atoms with Crippen molar-refractivity contribution < 1.29 is 5.11 Å². The molecule has 3 nitrogen and oxygen atoms in total. The van der Waals surface area contributed by atoms with E-state index < -0.39 is 0 Å². The lowest BCUT2D eigenvalue weighted by Crippen LogP contribution is -2.51. The van der Waals surface area contributed by atoms with Crippen LogP contribution in [-0.2, 0) is 5.41 Å². The van der Waals surface area contributed by atoms with Crippen LogP contribution in [0.3, 0.4) is 0 Å². The number of phenols is 1. The van der Waals surface area contributed by atoms with Crippen molar-refractivity contribution >= 4 is 0 Å². The quantitative estimate of drug-likeness (QED) is 0.877. The summed E-state index contributed by atoms with van der Waals surface area (Å²) in [7, 11) is 0. The molecular formula is C19H32N2O. The number of nitrogens with two attached hydrogens (primary N) is 1. The molecule has 1 aliphatic rings. The van der Waals surface area contributed by atoms with E-state index in [1.807, 2.05) is 12.1 Å². The Labute approximate surface area is 135 Å². The largest absolute Gasteiger partial charge is 0.508 e. The molecule has 124 valence electrons. The standard InChI is InChI=1S/C19H32N2O/c1-5-14(2)18(20)13-21-10-9-19(4,15(3)12-21)16-7-6-8-17(22)11-16/h6-8,11,14-15,18,22H,5,9-10,12-13,20H2,1-4H3/t14-,15+,18-,19-/m1/s1. The summed E-state index contributed by atoms with van der Waals surface area (Å²) in [5.74, 6) is 1.49. The van der Waals surface area contributed by atoms with Crippen LogP contribution in [0.5, 0.6) is 5.75 Å². The number of hydrogen-bond acceptors (Lipinski definition) is 3. The SMILES string of the molecule is CC[C@@H](C)[C@H](N)CN1CC[C@@](C)(c2cccc(O)c2)[C@@H](C)C1. The highest BCUT2D eigenvalue weighted by molar-refractivity contribution is 5.33. The summed E-state index contributed by atoms with van der Waals surface area (Å²) in [6, 6.07) is 8.04. The minimum absolute atomic E-state index is 0.135. The third kappa shape index (κ3) is 3.64. The smallest absolute Gasteiger partial charge is 0.115 e. The first-order valence-corrected chi connectivity index (χ1v) is 8.64. The van der Waals surface area contributed by atoms with Gasteiger partial charge in [-0.2, -0.15) is 0 Å². The van der Waals surface area contributed by atoms with Crippen molar-refractivity contribution in [3.8, 4) is 5.75 Å². The molecule has 2 rings (SSSR count). The van der Waals surface area contributed by atoms with E-state index in [2.05, 4.69) is 38.7 Å². The maximum atomic E-state index is 9.78. The zero-order valence-corrected chi connectivity index (χ0v) is 14.5. The van der Waals surface area contributed by atoms with Gasteiger partial charge in [-0.15, -0.1) is 0 Å². The van der Waals surface area contributed by atoms with Gasteiger partial charge in [-0.05, 0) is 47.9 Å². The summed E-state index contributed by atoms with van der Waals surface area (Å²) in [6.45, 7) is 12.3. The summed E-state index contributed by atoms with van der Waals surface area (Å²) >= 11 is 0. The van der Waals surface area contributed by atoms with Gasteiger partial charge in [-0.25, -0.2) is 0 Å². The lowest BCUT2D eigenvalue weighted by atomic mass is 9.68. The van der Waals surface area contributed by atoms with Crippen molar-refractivity contribution in [2.45, 2.75) is 52.0 Å². The van der Waals surface area contributed by atoms with E-state index in [1.165, 1.54) is 5.56 Å². The molecule has 1 aromatic rings. The van der Waals surface area contributed by atoms with Gasteiger partial charge in [0.2, 0.25) is 0 Å². The maximum absolute atomic E-state index is 9.78. The number of hydrogen-bond donors (Lipinski definition) is 2. The van der Waals surface area contributed by atoms with Crippen LogP contribution in [-0.4, -0.2) is 35.7 Å². The Morgan fingerprint density at radius 2 is 2.18 bits per heavy atom. The first-order valence-electron chi connectivity index (χ1n) is 8.64. The molecule has 22 heavy (non-hydrogen) atoms. The Kier molecular flexibility index (Phi) is 5.51. The fraction of sp³-hybridized carbons (Fsp3) is 0.684. The molecule has 0 saturated carbocycles. The predicted molar refractivity (Wildman–Crippen MR) is 93.1 cm³/mol. The molecule has 1 aliphatic heterocycles. The molecule has 3 heteroatoms. The Hall–Kier alpha value is -1.06. The minimum Gasteiger partial charge on any atom is -0.508 e. The van der Waals surface area contributed by atoms with Crippen LogP contribution in [0, 0.1) is 11.8 Å². The summed E-state index contributed by atoms with van der Waals surface area (Å²) in [5.41, 5.74) is 7.72. The third-order valence-electron chi connectivity index (χ3n) is 5.92. The zero-order chi connectivity index (χ0) is 16.3. The molecule has 3 N–H and O–H groups in total. The molecule has 1 aromatic carbocycles. The van der Waals surface area contributed by atoms with Gasteiger partial charge in [-0.3, -0.25) is 0 Å². The summed E-state index contributed by atoms with van der Waals surface area (Å²) < 4.78 is 0. The van der Waals surface area contributed by atoms with Crippen molar-refractivity contribution in [2.24, 2.45) is 17.6 Å². The van der Waals surface area contributed by atoms with E-state index in [-0.39, 0.29) is 11.5 Å². The lowest BCUT2D eigenvalue weighted by molar-refractivity contribution is 0.0998. The van der Waals surface area contributed by atoms with E-state index in [4.69, 9.17) is 5.73 Å².